The zero-order valence-corrected chi connectivity index (χ0v) is 16.7. The number of anilines is 1. The molecular formula is C22H24F2N2O4. The molecule has 1 fully saturated rings. The van der Waals surface area contributed by atoms with E-state index in [2.05, 4.69) is 5.32 Å². The standard InChI is InChI=1S/C22H24F2N2O4/c1-2-26(13-20(27)25-21-17(23)9-5-10-18(21)24)22(28)16-8-3-4-11-19(16)30-14-15-7-6-12-29-15/h3-5,8-11,15H,2,6-7,12-14H2,1H3,(H,25,27). The van der Waals surface area contributed by atoms with E-state index < -0.39 is 29.1 Å². The fraction of sp³-hybridized carbons (Fsp3) is 0.364. The van der Waals surface area contributed by atoms with E-state index in [9.17, 15) is 18.4 Å². The Balaban J connectivity index is 1.67. The third-order valence-corrected chi connectivity index (χ3v) is 4.80. The molecule has 1 unspecified atom stereocenters. The molecule has 1 N–H and O–H groups in total. The summed E-state index contributed by atoms with van der Waals surface area (Å²) in [6, 6.07) is 10.1. The Morgan fingerprint density at radius 3 is 2.57 bits per heavy atom. The van der Waals surface area contributed by atoms with E-state index in [0.29, 0.717) is 24.5 Å². The number of halogens is 2. The van der Waals surface area contributed by atoms with Gasteiger partial charge in [-0.15, -0.1) is 0 Å². The van der Waals surface area contributed by atoms with Gasteiger partial charge in [-0.2, -0.15) is 0 Å². The maximum Gasteiger partial charge on any atom is 0.258 e. The number of carbonyl (C=O) groups is 2. The highest BCUT2D eigenvalue weighted by Crippen LogP contribution is 2.22. The molecular weight excluding hydrogens is 394 g/mol. The van der Waals surface area contributed by atoms with E-state index in [1.54, 1.807) is 31.2 Å². The van der Waals surface area contributed by atoms with Crippen molar-refractivity contribution in [3.8, 4) is 5.75 Å². The number of nitrogens with zero attached hydrogens (tertiary/aromatic N) is 1. The highest BCUT2D eigenvalue weighted by atomic mass is 19.1. The molecule has 1 saturated heterocycles. The van der Waals surface area contributed by atoms with Gasteiger partial charge in [0.2, 0.25) is 5.91 Å². The lowest BCUT2D eigenvalue weighted by Gasteiger charge is -2.22. The number of likely N-dealkylation sites (N-methyl/N-ethyl adjacent to an activating group) is 1. The molecule has 1 heterocycles. The number of amides is 2. The van der Waals surface area contributed by atoms with Crippen LogP contribution in [0.4, 0.5) is 14.5 Å². The zero-order chi connectivity index (χ0) is 21.5. The minimum absolute atomic E-state index is 0.00289. The Hall–Kier alpha value is -3.00. The molecule has 0 aliphatic carbocycles. The molecule has 30 heavy (non-hydrogen) atoms. The second-order valence-electron chi connectivity index (χ2n) is 6.91. The number of ether oxygens (including phenoxy) is 2. The summed E-state index contributed by atoms with van der Waals surface area (Å²) < 4.78 is 38.8. The second-order valence-corrected chi connectivity index (χ2v) is 6.91. The summed E-state index contributed by atoms with van der Waals surface area (Å²) in [6.45, 7) is 2.62. The van der Waals surface area contributed by atoms with E-state index in [0.717, 1.165) is 25.0 Å². The molecule has 8 heteroatoms. The van der Waals surface area contributed by atoms with Crippen LogP contribution in [0.15, 0.2) is 42.5 Å². The van der Waals surface area contributed by atoms with Crippen LogP contribution in [0, 0.1) is 11.6 Å². The number of hydrogen-bond acceptors (Lipinski definition) is 4. The van der Waals surface area contributed by atoms with Crippen LogP contribution < -0.4 is 10.1 Å². The van der Waals surface area contributed by atoms with E-state index in [-0.39, 0.29) is 19.2 Å². The van der Waals surface area contributed by atoms with Gasteiger partial charge in [-0.3, -0.25) is 9.59 Å². The third-order valence-electron chi connectivity index (χ3n) is 4.80. The lowest BCUT2D eigenvalue weighted by Crippen LogP contribution is -2.38. The molecule has 1 aliphatic heterocycles. The van der Waals surface area contributed by atoms with Crippen molar-refractivity contribution < 1.29 is 27.8 Å². The summed E-state index contributed by atoms with van der Waals surface area (Å²) in [4.78, 5) is 26.6. The lowest BCUT2D eigenvalue weighted by atomic mass is 10.1. The summed E-state index contributed by atoms with van der Waals surface area (Å²) in [5.41, 5.74) is -0.228. The molecule has 2 amide bonds. The van der Waals surface area contributed by atoms with Gasteiger partial charge in [0.05, 0.1) is 11.7 Å². The van der Waals surface area contributed by atoms with Gasteiger partial charge in [-0.1, -0.05) is 18.2 Å². The molecule has 160 valence electrons. The van der Waals surface area contributed by atoms with Crippen molar-refractivity contribution in [2.45, 2.75) is 25.9 Å². The quantitative estimate of drug-likeness (QED) is 0.711. The number of carbonyl (C=O) groups excluding carboxylic acids is 2. The van der Waals surface area contributed by atoms with Crippen LogP contribution in [0.3, 0.4) is 0 Å². The molecule has 6 nitrogen and oxygen atoms in total. The molecule has 2 aromatic rings. The Labute approximate surface area is 173 Å². The van der Waals surface area contributed by atoms with Gasteiger partial charge in [0.25, 0.3) is 5.91 Å². The SMILES string of the molecule is CCN(CC(=O)Nc1c(F)cccc1F)C(=O)c1ccccc1OCC1CCCO1. The van der Waals surface area contributed by atoms with Crippen LogP contribution in [0.25, 0.3) is 0 Å². The van der Waals surface area contributed by atoms with Gasteiger partial charge in [-0.25, -0.2) is 8.78 Å². The number of rotatable bonds is 8. The topological polar surface area (TPSA) is 67.9 Å². The van der Waals surface area contributed by atoms with Gasteiger partial charge >= 0.3 is 0 Å². The van der Waals surface area contributed by atoms with Gasteiger partial charge in [-0.05, 0) is 44.0 Å². The molecule has 0 spiro atoms. The second kappa shape index (κ2) is 10.2. The summed E-state index contributed by atoms with van der Waals surface area (Å²) in [7, 11) is 0. The minimum atomic E-state index is -0.884. The van der Waals surface area contributed by atoms with E-state index in [1.165, 1.54) is 11.0 Å². The van der Waals surface area contributed by atoms with Crippen molar-refractivity contribution in [2.24, 2.45) is 0 Å². The Bertz CT molecular complexity index is 880. The Morgan fingerprint density at radius 2 is 1.90 bits per heavy atom. The molecule has 0 bridgehead atoms. The third kappa shape index (κ3) is 5.33. The summed E-state index contributed by atoms with van der Waals surface area (Å²) in [5.74, 6) is -2.48. The van der Waals surface area contributed by atoms with Gasteiger partial charge in [0, 0.05) is 13.2 Å². The number of hydrogen-bond donors (Lipinski definition) is 1. The van der Waals surface area contributed by atoms with E-state index in [4.69, 9.17) is 9.47 Å². The lowest BCUT2D eigenvalue weighted by molar-refractivity contribution is -0.116. The van der Waals surface area contributed by atoms with E-state index in [1.807, 2.05) is 0 Å². The highest BCUT2D eigenvalue weighted by Gasteiger charge is 2.23. The largest absolute Gasteiger partial charge is 0.490 e. The molecule has 2 aromatic carbocycles. The first-order valence-corrected chi connectivity index (χ1v) is 9.86. The number of para-hydroxylation sites is 2. The zero-order valence-electron chi connectivity index (χ0n) is 16.7. The van der Waals surface area contributed by atoms with Gasteiger partial charge in [0.1, 0.15) is 36.2 Å². The molecule has 3 rings (SSSR count). The van der Waals surface area contributed by atoms with Crippen LogP contribution in [0.1, 0.15) is 30.1 Å². The van der Waals surface area contributed by atoms with Crippen LogP contribution in [-0.4, -0.2) is 49.1 Å². The average molecular weight is 418 g/mol. The molecule has 1 aliphatic rings. The van der Waals surface area contributed by atoms with Crippen LogP contribution in [0.5, 0.6) is 5.75 Å². The van der Waals surface area contributed by atoms with Crippen LogP contribution in [-0.2, 0) is 9.53 Å². The number of nitrogens with one attached hydrogen (secondary N) is 1. The van der Waals surface area contributed by atoms with Crippen molar-refractivity contribution in [3.63, 3.8) is 0 Å². The fourth-order valence-electron chi connectivity index (χ4n) is 3.19. The molecule has 0 saturated carbocycles. The molecule has 0 aromatic heterocycles. The van der Waals surface area contributed by atoms with Crippen molar-refractivity contribution in [3.05, 3.63) is 59.7 Å². The van der Waals surface area contributed by atoms with Gasteiger partial charge < -0.3 is 19.7 Å². The van der Waals surface area contributed by atoms with Crippen molar-refractivity contribution >= 4 is 17.5 Å². The maximum absolute atomic E-state index is 13.8. The highest BCUT2D eigenvalue weighted by molar-refractivity contribution is 6.01. The van der Waals surface area contributed by atoms with Crippen molar-refractivity contribution in [2.75, 3.05) is 31.6 Å². The van der Waals surface area contributed by atoms with Crippen LogP contribution >= 0.6 is 0 Å². The average Bonchev–Trinajstić information content (AvgIpc) is 3.27. The van der Waals surface area contributed by atoms with Gasteiger partial charge in [0.15, 0.2) is 0 Å². The van der Waals surface area contributed by atoms with E-state index >= 15 is 0 Å². The first kappa shape index (κ1) is 21.7. The molecule has 0 radical (unpaired) electrons. The van der Waals surface area contributed by atoms with Crippen molar-refractivity contribution in [1.82, 2.24) is 4.90 Å². The van der Waals surface area contributed by atoms with Crippen LogP contribution in [0.2, 0.25) is 0 Å². The number of benzene rings is 2. The first-order chi connectivity index (χ1) is 14.5. The molecule has 1 atom stereocenters. The Morgan fingerprint density at radius 1 is 1.17 bits per heavy atom. The normalized spacial score (nSPS) is 15.6. The monoisotopic (exact) mass is 418 g/mol. The predicted octanol–water partition coefficient (Wildman–Crippen LogP) is 3.62. The smallest absolute Gasteiger partial charge is 0.258 e. The summed E-state index contributed by atoms with van der Waals surface area (Å²) in [6.07, 6.45) is 1.89. The van der Waals surface area contributed by atoms with Crippen molar-refractivity contribution in [1.29, 1.82) is 0 Å². The fourth-order valence-corrected chi connectivity index (χ4v) is 3.19. The minimum Gasteiger partial charge on any atom is -0.490 e. The summed E-state index contributed by atoms with van der Waals surface area (Å²) >= 11 is 0. The Kier molecular flexibility index (Phi) is 7.35. The predicted molar refractivity (Wildman–Crippen MR) is 107 cm³/mol. The first-order valence-electron chi connectivity index (χ1n) is 9.86. The maximum atomic E-state index is 13.8. The summed E-state index contributed by atoms with van der Waals surface area (Å²) in [5, 5.41) is 2.20.